The first-order valence-corrected chi connectivity index (χ1v) is 6.80. The lowest BCUT2D eigenvalue weighted by atomic mass is 9.93. The van der Waals surface area contributed by atoms with Gasteiger partial charge in [0.1, 0.15) is 0 Å². The Morgan fingerprint density at radius 3 is 2.90 bits per heavy atom. The summed E-state index contributed by atoms with van der Waals surface area (Å²) in [5.74, 6) is 0. The van der Waals surface area contributed by atoms with Gasteiger partial charge in [0.05, 0.1) is 36.0 Å². The van der Waals surface area contributed by atoms with Gasteiger partial charge in [-0.05, 0) is 47.4 Å². The van der Waals surface area contributed by atoms with Gasteiger partial charge in [0.15, 0.2) is 0 Å². The third-order valence-electron chi connectivity index (χ3n) is 3.58. The molecule has 3 rings (SSSR count). The van der Waals surface area contributed by atoms with Crippen LogP contribution in [0, 0.1) is 11.3 Å². The lowest BCUT2D eigenvalue weighted by Crippen LogP contribution is -1.97. The first-order valence-electron chi connectivity index (χ1n) is 6.80. The number of aromatic amines is 1. The number of H-pyrrole nitrogens is 1. The number of nitrogens with zero attached hydrogens (tertiary/aromatic N) is 2. The Morgan fingerprint density at radius 2 is 2.14 bits per heavy atom. The van der Waals surface area contributed by atoms with Crippen molar-refractivity contribution in [2.45, 2.75) is 19.4 Å². The van der Waals surface area contributed by atoms with Crippen LogP contribution in [0.2, 0.25) is 0 Å². The van der Waals surface area contributed by atoms with Crippen molar-refractivity contribution in [1.82, 2.24) is 9.97 Å². The maximum atomic E-state index is 9.97. The standard InChI is InChI=1S/C17H15N3O/c1-11(21)14-4-2-12(6-7-18)8-15(14)13-3-5-16-17(9-13)20-10-19-16/h2-5,8-11,21H,6H2,1H3,(H,19,20). The molecule has 0 radical (unpaired) electrons. The summed E-state index contributed by atoms with van der Waals surface area (Å²) in [5, 5.41) is 18.8. The minimum atomic E-state index is -0.561. The molecule has 0 aliphatic carbocycles. The van der Waals surface area contributed by atoms with Gasteiger partial charge in [0.2, 0.25) is 0 Å². The Bertz CT molecular complexity index is 827. The third kappa shape index (κ3) is 2.51. The summed E-state index contributed by atoms with van der Waals surface area (Å²) < 4.78 is 0. The molecule has 3 aromatic rings. The van der Waals surface area contributed by atoms with E-state index in [2.05, 4.69) is 16.0 Å². The molecular formula is C17H15N3O. The molecule has 4 heteroatoms. The minimum absolute atomic E-state index is 0.361. The smallest absolute Gasteiger partial charge is 0.0931 e. The second-order valence-electron chi connectivity index (χ2n) is 5.07. The average molecular weight is 277 g/mol. The maximum absolute atomic E-state index is 9.97. The van der Waals surface area contributed by atoms with Gasteiger partial charge in [-0.15, -0.1) is 0 Å². The molecule has 104 valence electrons. The van der Waals surface area contributed by atoms with Crippen LogP contribution in [0.5, 0.6) is 0 Å². The third-order valence-corrected chi connectivity index (χ3v) is 3.58. The second kappa shape index (κ2) is 5.39. The van der Waals surface area contributed by atoms with E-state index in [1.54, 1.807) is 13.3 Å². The van der Waals surface area contributed by atoms with E-state index in [1.165, 1.54) is 0 Å². The van der Waals surface area contributed by atoms with Crippen LogP contribution < -0.4 is 0 Å². The van der Waals surface area contributed by atoms with Crippen LogP contribution in [0.1, 0.15) is 24.2 Å². The summed E-state index contributed by atoms with van der Waals surface area (Å²) in [4.78, 5) is 7.30. The molecule has 1 atom stereocenters. The first kappa shape index (κ1) is 13.3. The lowest BCUT2D eigenvalue weighted by molar-refractivity contribution is 0.200. The number of hydrogen-bond donors (Lipinski definition) is 2. The highest BCUT2D eigenvalue weighted by Crippen LogP contribution is 2.31. The number of nitriles is 1. The molecule has 2 aromatic carbocycles. The van der Waals surface area contributed by atoms with Crippen molar-refractivity contribution in [2.75, 3.05) is 0 Å². The number of fused-ring (bicyclic) bond motifs is 1. The second-order valence-corrected chi connectivity index (χ2v) is 5.07. The number of aliphatic hydroxyl groups is 1. The van der Waals surface area contributed by atoms with E-state index in [-0.39, 0.29) is 0 Å². The Kier molecular flexibility index (Phi) is 3.43. The number of imidazole rings is 1. The van der Waals surface area contributed by atoms with Crippen molar-refractivity contribution < 1.29 is 5.11 Å². The van der Waals surface area contributed by atoms with Crippen LogP contribution in [0.4, 0.5) is 0 Å². The van der Waals surface area contributed by atoms with Crippen molar-refractivity contribution in [3.05, 3.63) is 53.9 Å². The highest BCUT2D eigenvalue weighted by atomic mass is 16.3. The molecule has 1 heterocycles. The monoisotopic (exact) mass is 277 g/mol. The molecular weight excluding hydrogens is 262 g/mol. The minimum Gasteiger partial charge on any atom is -0.389 e. The SMILES string of the molecule is CC(O)c1ccc(CC#N)cc1-c1ccc2nc[nH]c2c1. The number of aliphatic hydroxyl groups excluding tert-OH is 1. The zero-order chi connectivity index (χ0) is 14.8. The molecule has 4 nitrogen and oxygen atoms in total. The van der Waals surface area contributed by atoms with Crippen LogP contribution in [0.3, 0.4) is 0 Å². The van der Waals surface area contributed by atoms with Gasteiger partial charge in [-0.1, -0.05) is 18.2 Å². The predicted molar refractivity (Wildman–Crippen MR) is 81.5 cm³/mol. The molecule has 0 amide bonds. The maximum Gasteiger partial charge on any atom is 0.0931 e. The molecule has 0 saturated heterocycles. The van der Waals surface area contributed by atoms with Gasteiger partial charge in [-0.2, -0.15) is 5.26 Å². The molecule has 0 aliphatic rings. The van der Waals surface area contributed by atoms with E-state index in [9.17, 15) is 5.11 Å². The summed E-state index contributed by atoms with van der Waals surface area (Å²) in [6, 6.07) is 13.9. The van der Waals surface area contributed by atoms with E-state index in [0.29, 0.717) is 6.42 Å². The normalized spacial score (nSPS) is 12.2. The Morgan fingerprint density at radius 1 is 1.29 bits per heavy atom. The molecule has 0 fully saturated rings. The van der Waals surface area contributed by atoms with Crippen LogP contribution in [-0.2, 0) is 6.42 Å². The van der Waals surface area contributed by atoms with E-state index in [4.69, 9.17) is 5.26 Å². The molecule has 0 spiro atoms. The fourth-order valence-corrected chi connectivity index (χ4v) is 2.52. The van der Waals surface area contributed by atoms with Gasteiger partial charge < -0.3 is 10.1 Å². The number of aromatic nitrogens is 2. The lowest BCUT2D eigenvalue weighted by Gasteiger charge is -2.13. The van der Waals surface area contributed by atoms with Crippen LogP contribution in [0.25, 0.3) is 22.2 Å². The summed E-state index contributed by atoms with van der Waals surface area (Å²) in [5.41, 5.74) is 5.62. The predicted octanol–water partition coefficient (Wildman–Crippen LogP) is 3.35. The number of hydrogen-bond acceptors (Lipinski definition) is 3. The number of nitrogens with one attached hydrogen (secondary N) is 1. The van der Waals surface area contributed by atoms with Crippen molar-refractivity contribution in [2.24, 2.45) is 0 Å². The molecule has 0 aliphatic heterocycles. The van der Waals surface area contributed by atoms with Gasteiger partial charge in [0, 0.05) is 0 Å². The highest BCUT2D eigenvalue weighted by molar-refractivity contribution is 5.82. The van der Waals surface area contributed by atoms with E-state index in [1.807, 2.05) is 36.4 Å². The van der Waals surface area contributed by atoms with E-state index < -0.39 is 6.10 Å². The Balaban J connectivity index is 2.17. The van der Waals surface area contributed by atoms with Crippen LogP contribution in [0.15, 0.2) is 42.7 Å². The Labute approximate surface area is 122 Å². The first-order chi connectivity index (χ1) is 10.2. The van der Waals surface area contributed by atoms with Crippen molar-refractivity contribution >= 4 is 11.0 Å². The van der Waals surface area contributed by atoms with Gasteiger partial charge in [0.25, 0.3) is 0 Å². The fourth-order valence-electron chi connectivity index (χ4n) is 2.52. The van der Waals surface area contributed by atoms with Gasteiger partial charge >= 0.3 is 0 Å². The highest BCUT2D eigenvalue weighted by Gasteiger charge is 2.11. The largest absolute Gasteiger partial charge is 0.389 e. The van der Waals surface area contributed by atoms with Crippen molar-refractivity contribution in [3.63, 3.8) is 0 Å². The fraction of sp³-hybridized carbons (Fsp3) is 0.176. The summed E-state index contributed by atoms with van der Waals surface area (Å²) >= 11 is 0. The zero-order valence-corrected chi connectivity index (χ0v) is 11.7. The molecule has 0 bridgehead atoms. The summed E-state index contributed by atoms with van der Waals surface area (Å²) in [6.07, 6.45) is 1.46. The Hall–Kier alpha value is -2.64. The number of benzene rings is 2. The topological polar surface area (TPSA) is 72.7 Å². The molecule has 2 N–H and O–H groups in total. The van der Waals surface area contributed by atoms with Crippen molar-refractivity contribution in [1.29, 1.82) is 5.26 Å². The van der Waals surface area contributed by atoms with Gasteiger partial charge in [-0.3, -0.25) is 0 Å². The molecule has 1 aromatic heterocycles. The van der Waals surface area contributed by atoms with E-state index in [0.717, 1.165) is 33.3 Å². The van der Waals surface area contributed by atoms with Gasteiger partial charge in [-0.25, -0.2) is 4.98 Å². The van der Waals surface area contributed by atoms with E-state index >= 15 is 0 Å². The van der Waals surface area contributed by atoms with Crippen molar-refractivity contribution in [3.8, 4) is 17.2 Å². The molecule has 21 heavy (non-hydrogen) atoms. The van der Waals surface area contributed by atoms with Crippen LogP contribution >= 0.6 is 0 Å². The zero-order valence-electron chi connectivity index (χ0n) is 11.7. The van der Waals surface area contributed by atoms with Crippen LogP contribution in [-0.4, -0.2) is 15.1 Å². The average Bonchev–Trinajstić information content (AvgIpc) is 2.94. The number of rotatable bonds is 3. The molecule has 0 saturated carbocycles. The molecule has 1 unspecified atom stereocenters. The summed E-state index contributed by atoms with van der Waals surface area (Å²) in [6.45, 7) is 1.75. The quantitative estimate of drug-likeness (QED) is 0.771. The summed E-state index contributed by atoms with van der Waals surface area (Å²) in [7, 11) is 0.